The van der Waals surface area contributed by atoms with Gasteiger partial charge < -0.3 is 23.3 Å². The standard InChI is InChI=1S/2C2F4.2Mo.S2/c2*3-1-2(4,5)6;;;1-2/q;;;;-2. The maximum Gasteiger partial charge on any atom is -1.00 e. The number of halogens is 8. The second-order valence-corrected chi connectivity index (χ2v) is 3.30. The van der Waals surface area contributed by atoms with Crippen LogP contribution in [-0.4, -0.2) is 20.7 Å². The van der Waals surface area contributed by atoms with Crippen molar-refractivity contribution in [2.24, 2.45) is 0 Å². The molecule has 0 amide bonds. The molecule has 0 atom stereocenters. The molecule has 0 aliphatic carbocycles. The van der Waals surface area contributed by atoms with E-state index in [0.29, 0.717) is 38.7 Å². The predicted octanol–water partition coefficient (Wildman–Crippen LogP) is 2.38. The van der Waals surface area contributed by atoms with E-state index in [1.165, 1.54) is 0 Å². The van der Waals surface area contributed by atoms with Crippen molar-refractivity contribution in [2.75, 3.05) is 0 Å². The average molecular weight is 456 g/mol. The van der Waals surface area contributed by atoms with Crippen LogP contribution in [0.25, 0.3) is 0 Å². The molecule has 98 valence electrons. The molecule has 0 aliphatic rings. The minimum absolute atomic E-state index is 0.309. The number of rotatable bonds is 0. The molecule has 0 heterocycles. The van der Waals surface area contributed by atoms with Crippen molar-refractivity contribution in [2.45, 2.75) is 12.4 Å². The molecule has 0 aromatic heterocycles. The van der Waals surface area contributed by atoms with E-state index in [9.17, 15) is 35.1 Å². The summed E-state index contributed by atoms with van der Waals surface area (Å²) >= 11 is 7.95. The minimum atomic E-state index is -4.75. The van der Waals surface area contributed by atoms with Crippen molar-refractivity contribution in [3.63, 3.8) is 0 Å². The van der Waals surface area contributed by atoms with E-state index in [0.717, 1.165) is 0 Å². The molecule has 12 heteroatoms. The quantitative estimate of drug-likeness (QED) is 0.238. The fraction of sp³-hybridized carbons (Fsp3) is 0.500. The van der Waals surface area contributed by atoms with Crippen molar-refractivity contribution in [3.05, 3.63) is 0 Å². The fourth-order valence-corrected chi connectivity index (χ4v) is 0. The molecule has 0 radical (unpaired) electrons. The zero-order valence-corrected chi connectivity index (χ0v) is 12.3. The molecular weight excluding hydrogens is 456 g/mol. The number of hydrogen-bond acceptors (Lipinski definition) is 2. The van der Waals surface area contributed by atoms with Crippen LogP contribution < -0.4 is 0 Å². The summed E-state index contributed by atoms with van der Waals surface area (Å²) in [6.07, 6.45) is -9.49. The third kappa shape index (κ3) is 17.6. The Morgan fingerprint density at radius 2 is 0.750 bits per heavy atom. The van der Waals surface area contributed by atoms with Crippen molar-refractivity contribution >= 4 is 31.6 Å². The summed E-state index contributed by atoms with van der Waals surface area (Å²) in [7, 11) is 0. The van der Waals surface area contributed by atoms with Gasteiger partial charge in [-0.2, -0.15) is 0 Å². The first-order chi connectivity index (χ1) is 6.89. The largest absolute Gasteiger partial charge is 1.00 e. The Labute approximate surface area is 117 Å². The van der Waals surface area contributed by atoms with Crippen LogP contribution in [-0.2, 0) is 62.0 Å². The van der Waals surface area contributed by atoms with E-state index >= 15 is 0 Å². The Balaban J connectivity index is -0.000000183. The van der Waals surface area contributed by atoms with Crippen LogP contribution in [0.5, 0.6) is 0 Å². The molecule has 0 aromatic rings. The molecule has 0 nitrogen and oxygen atoms in total. The molecule has 0 unspecified atom stereocenters. The molecule has 16 heavy (non-hydrogen) atoms. The second kappa shape index (κ2) is 10.2. The maximum atomic E-state index is 11.0. The van der Waals surface area contributed by atoms with Gasteiger partial charge in [-0.25, -0.2) is 0 Å². The van der Waals surface area contributed by atoms with Gasteiger partial charge >= 0.3 is 94.5 Å². The van der Waals surface area contributed by atoms with Crippen LogP contribution in [0.1, 0.15) is 0 Å². The van der Waals surface area contributed by atoms with Gasteiger partial charge in [0.1, 0.15) is 0 Å². The predicted molar refractivity (Wildman–Crippen MR) is 39.1 cm³/mol. The Kier molecular flexibility index (Phi) is 14.3. The van der Waals surface area contributed by atoms with E-state index in [1.54, 1.807) is 0 Å². The van der Waals surface area contributed by atoms with Crippen LogP contribution in [0, 0.1) is 0 Å². The minimum Gasteiger partial charge on any atom is -1.00 e. The molecule has 0 saturated heterocycles. The summed E-state index contributed by atoms with van der Waals surface area (Å²) in [5, 5.41) is 0. The molecular formula is C4F8Mo2S2-2. The topological polar surface area (TPSA) is 0 Å². The Morgan fingerprint density at radius 1 is 0.688 bits per heavy atom. The van der Waals surface area contributed by atoms with Crippen molar-refractivity contribution < 1.29 is 73.8 Å². The zero-order chi connectivity index (χ0) is 14.2. The van der Waals surface area contributed by atoms with Gasteiger partial charge in [0.15, 0.2) is 0 Å². The van der Waals surface area contributed by atoms with Gasteiger partial charge in [0.25, 0.3) is 0 Å². The summed E-state index contributed by atoms with van der Waals surface area (Å²) in [6, 6.07) is 0. The number of alkyl halides is 6. The zero-order valence-electron chi connectivity index (χ0n) is 6.66. The van der Waals surface area contributed by atoms with Crippen molar-refractivity contribution in [1.29, 1.82) is 0 Å². The maximum absolute atomic E-state index is 11.0. The molecule has 0 aliphatic heterocycles. The van der Waals surface area contributed by atoms with Crippen LogP contribution in [0.4, 0.5) is 35.1 Å². The van der Waals surface area contributed by atoms with E-state index in [1.807, 2.05) is 0 Å². The van der Waals surface area contributed by atoms with Crippen LogP contribution >= 0.6 is 0 Å². The summed E-state index contributed by atoms with van der Waals surface area (Å²) in [5.74, 6) is 0. The Hall–Kier alpha value is 1.26. The SMILES string of the molecule is F[C](=[Mo])C(F)(F)F.F[C](=[Mo])C(F)(F)F.[S-][S-]. The van der Waals surface area contributed by atoms with Gasteiger partial charge in [-0.05, 0) is 0 Å². The molecule has 0 bridgehead atoms. The smallest absolute Gasteiger partial charge is 1.00 e. The molecule has 0 spiro atoms. The average Bonchev–Trinajstić information content (AvgIpc) is 2.05. The summed E-state index contributed by atoms with van der Waals surface area (Å²) < 4.78 is 82.6. The summed E-state index contributed by atoms with van der Waals surface area (Å²) in [6.45, 7) is 0. The van der Waals surface area contributed by atoms with E-state index in [-0.39, 0.29) is 0 Å². The van der Waals surface area contributed by atoms with Crippen molar-refractivity contribution in [3.8, 4) is 0 Å². The van der Waals surface area contributed by atoms with Crippen LogP contribution in [0.3, 0.4) is 0 Å². The van der Waals surface area contributed by atoms with Gasteiger partial charge in [0, 0.05) is 0 Å². The third-order valence-corrected chi connectivity index (χ3v) is 1.58. The first-order valence-electron chi connectivity index (χ1n) is 2.59. The van der Waals surface area contributed by atoms with E-state index in [4.69, 9.17) is 0 Å². The van der Waals surface area contributed by atoms with Gasteiger partial charge in [0.05, 0.1) is 0 Å². The number of hydrogen-bond donors (Lipinski definition) is 0. The molecule has 0 N–H and O–H groups in total. The Bertz CT molecular complexity index is 197. The fourth-order valence-electron chi connectivity index (χ4n) is 0. The molecule has 0 rings (SSSR count). The summed E-state index contributed by atoms with van der Waals surface area (Å²) in [4.78, 5) is 0. The van der Waals surface area contributed by atoms with Crippen LogP contribution in [0.15, 0.2) is 0 Å². The molecule has 0 saturated carbocycles. The first-order valence-corrected chi connectivity index (χ1v) is 5.93. The van der Waals surface area contributed by atoms with Gasteiger partial charge in [-0.3, -0.25) is 0 Å². The molecule has 0 aromatic carbocycles. The van der Waals surface area contributed by atoms with Crippen LogP contribution in [0.2, 0.25) is 0 Å². The monoisotopic (exact) mass is 460 g/mol. The summed E-state index contributed by atoms with van der Waals surface area (Å²) in [5.41, 5.74) is 0. The van der Waals surface area contributed by atoms with E-state index in [2.05, 4.69) is 23.3 Å². The Morgan fingerprint density at radius 3 is 0.750 bits per heavy atom. The van der Waals surface area contributed by atoms with Crippen molar-refractivity contribution in [1.82, 2.24) is 0 Å². The van der Waals surface area contributed by atoms with Gasteiger partial charge in [-0.15, -0.1) is 0 Å². The third-order valence-electron chi connectivity index (χ3n) is 0.446. The molecule has 0 fully saturated rings. The van der Waals surface area contributed by atoms with E-state index < -0.39 is 20.7 Å². The van der Waals surface area contributed by atoms with Gasteiger partial charge in [0.2, 0.25) is 0 Å². The second-order valence-electron chi connectivity index (χ2n) is 1.54. The van der Waals surface area contributed by atoms with Gasteiger partial charge in [-0.1, -0.05) is 0 Å². The first kappa shape index (κ1) is 22.4. The normalized spacial score (nSPS) is 10.4.